The zero-order valence-electron chi connectivity index (χ0n) is 18.8. The van der Waals surface area contributed by atoms with Gasteiger partial charge in [0.2, 0.25) is 0 Å². The van der Waals surface area contributed by atoms with Crippen molar-refractivity contribution in [3.05, 3.63) is 137 Å². The molecule has 34 heavy (non-hydrogen) atoms. The number of allylic oxidation sites excluding steroid dienone is 2. The van der Waals surface area contributed by atoms with E-state index in [-0.39, 0.29) is 12.0 Å². The van der Waals surface area contributed by atoms with Crippen molar-refractivity contribution >= 4 is 21.9 Å². The van der Waals surface area contributed by atoms with Gasteiger partial charge in [-0.3, -0.25) is 0 Å². The minimum atomic E-state index is 0.0165. The van der Waals surface area contributed by atoms with E-state index in [0.717, 1.165) is 40.5 Å². The number of rotatable bonds is 4. The molecule has 5 aromatic rings. The summed E-state index contributed by atoms with van der Waals surface area (Å²) in [6.07, 6.45) is 8.42. The van der Waals surface area contributed by atoms with Crippen LogP contribution < -0.4 is 4.74 Å². The summed E-state index contributed by atoms with van der Waals surface area (Å²) in [4.78, 5) is 0. The molecule has 1 aliphatic carbocycles. The van der Waals surface area contributed by atoms with Crippen molar-refractivity contribution in [3.63, 3.8) is 0 Å². The molecule has 0 amide bonds. The molecule has 0 bridgehead atoms. The minimum Gasteiger partial charge on any atom is -0.481 e. The predicted octanol–water partition coefficient (Wildman–Crippen LogP) is 7.76. The zero-order chi connectivity index (χ0) is 22.5. The van der Waals surface area contributed by atoms with E-state index >= 15 is 0 Å². The molecule has 0 radical (unpaired) electrons. The second-order valence-electron chi connectivity index (χ2n) is 9.27. The van der Waals surface area contributed by atoms with Crippen LogP contribution in [0.5, 0.6) is 5.75 Å². The van der Waals surface area contributed by atoms with Crippen molar-refractivity contribution in [1.82, 2.24) is 0 Å². The Morgan fingerprint density at radius 2 is 1.38 bits per heavy atom. The molecule has 164 valence electrons. The largest absolute Gasteiger partial charge is 0.481 e. The molecular weight excluding hydrogens is 416 g/mol. The molecule has 2 nitrogen and oxygen atoms in total. The van der Waals surface area contributed by atoms with Gasteiger partial charge in [-0.05, 0) is 34.8 Å². The summed E-state index contributed by atoms with van der Waals surface area (Å²) in [6, 6.07) is 32.1. The molecule has 2 aliphatic rings. The van der Waals surface area contributed by atoms with Crippen LogP contribution in [0.2, 0.25) is 0 Å². The lowest BCUT2D eigenvalue weighted by Crippen LogP contribution is -2.23. The van der Waals surface area contributed by atoms with Crippen molar-refractivity contribution in [2.24, 2.45) is 0 Å². The number of furan rings is 1. The van der Waals surface area contributed by atoms with Gasteiger partial charge in [0.15, 0.2) is 11.3 Å². The molecule has 0 spiro atoms. The van der Waals surface area contributed by atoms with E-state index in [1.165, 1.54) is 27.8 Å². The molecule has 4 aromatic carbocycles. The van der Waals surface area contributed by atoms with Gasteiger partial charge in [-0.1, -0.05) is 103 Å². The first-order chi connectivity index (χ1) is 16.8. The lowest BCUT2D eigenvalue weighted by atomic mass is 9.85. The minimum absolute atomic E-state index is 0.0165. The number of hydrogen-bond acceptors (Lipinski definition) is 2. The molecule has 2 unspecified atom stereocenters. The Hall–Kier alpha value is -4.04. The summed E-state index contributed by atoms with van der Waals surface area (Å²) in [7, 11) is 0. The number of para-hydroxylation sites is 1. The molecule has 2 heteroatoms. The SMILES string of the molecule is C1=CC2c3ccc4c(oc5c(Cc6ccccc6)cccc54)c3OC2C(Cc2ccccc2)=C1. The average Bonchev–Trinajstić information content (AvgIpc) is 3.45. The van der Waals surface area contributed by atoms with Crippen LogP contribution in [0.1, 0.15) is 28.2 Å². The summed E-state index contributed by atoms with van der Waals surface area (Å²) < 4.78 is 13.3. The standard InChI is InChI=1S/C32H24O2/c1-3-9-21(10-4-1)19-23-13-7-15-25-27-17-18-28-26-16-8-14-24(20-22-11-5-2-6-12-22)30(26)34-32(28)31(27)33-29(23)25/h1-18,25,29H,19-20H2. The van der Waals surface area contributed by atoms with Gasteiger partial charge in [-0.2, -0.15) is 0 Å². The van der Waals surface area contributed by atoms with E-state index in [2.05, 4.69) is 109 Å². The summed E-state index contributed by atoms with van der Waals surface area (Å²) in [5.74, 6) is 1.12. The van der Waals surface area contributed by atoms with Crippen molar-refractivity contribution in [2.75, 3.05) is 0 Å². The maximum absolute atomic E-state index is 6.68. The third-order valence-corrected chi connectivity index (χ3v) is 7.15. The fourth-order valence-electron chi connectivity index (χ4n) is 5.51. The van der Waals surface area contributed by atoms with Crippen molar-refractivity contribution in [3.8, 4) is 5.75 Å². The highest BCUT2D eigenvalue weighted by Gasteiger charge is 2.38. The van der Waals surface area contributed by atoms with Gasteiger partial charge in [-0.15, -0.1) is 0 Å². The topological polar surface area (TPSA) is 22.4 Å². The maximum atomic E-state index is 6.68. The fraction of sp³-hybridized carbons (Fsp3) is 0.125. The number of benzene rings is 4. The third-order valence-electron chi connectivity index (χ3n) is 7.15. The Morgan fingerprint density at radius 1 is 0.647 bits per heavy atom. The monoisotopic (exact) mass is 440 g/mol. The molecule has 0 fully saturated rings. The van der Waals surface area contributed by atoms with Gasteiger partial charge < -0.3 is 9.15 Å². The highest BCUT2D eigenvalue weighted by molar-refractivity contribution is 6.08. The van der Waals surface area contributed by atoms with Crippen molar-refractivity contribution < 1.29 is 9.15 Å². The summed E-state index contributed by atoms with van der Waals surface area (Å²) in [5.41, 5.74) is 8.15. The van der Waals surface area contributed by atoms with E-state index in [9.17, 15) is 0 Å². The Kier molecular flexibility index (Phi) is 4.44. The zero-order valence-corrected chi connectivity index (χ0v) is 18.8. The molecule has 0 saturated carbocycles. The van der Waals surface area contributed by atoms with Gasteiger partial charge >= 0.3 is 0 Å². The normalized spacial score (nSPS) is 18.5. The number of fused-ring (bicyclic) bond motifs is 7. The first-order valence-corrected chi connectivity index (χ1v) is 11.9. The second kappa shape index (κ2) is 7.78. The lowest BCUT2D eigenvalue weighted by molar-refractivity contribution is 0.252. The Balaban J connectivity index is 1.30. The van der Waals surface area contributed by atoms with E-state index in [4.69, 9.17) is 9.15 Å². The first-order valence-electron chi connectivity index (χ1n) is 11.9. The van der Waals surface area contributed by atoms with E-state index in [1.807, 2.05) is 0 Å². The number of hydrogen-bond donors (Lipinski definition) is 0. The van der Waals surface area contributed by atoms with E-state index < -0.39 is 0 Å². The highest BCUT2D eigenvalue weighted by Crippen LogP contribution is 2.49. The van der Waals surface area contributed by atoms with Crippen LogP contribution in [0, 0.1) is 0 Å². The highest BCUT2D eigenvalue weighted by atomic mass is 16.5. The van der Waals surface area contributed by atoms with Crippen LogP contribution in [-0.2, 0) is 12.8 Å². The molecule has 0 N–H and O–H groups in total. The van der Waals surface area contributed by atoms with E-state index in [0.29, 0.717) is 0 Å². The van der Waals surface area contributed by atoms with Crippen LogP contribution in [-0.4, -0.2) is 6.10 Å². The lowest BCUT2D eigenvalue weighted by Gasteiger charge is -2.22. The first kappa shape index (κ1) is 19.4. The Labute approximate surface area is 198 Å². The number of ether oxygens (including phenoxy) is 1. The smallest absolute Gasteiger partial charge is 0.177 e. The summed E-state index contributed by atoms with van der Waals surface area (Å²) >= 11 is 0. The molecule has 1 aliphatic heterocycles. The molecule has 7 rings (SSSR count). The van der Waals surface area contributed by atoms with Gasteiger partial charge in [0.25, 0.3) is 0 Å². The van der Waals surface area contributed by atoms with Gasteiger partial charge in [0, 0.05) is 28.7 Å². The van der Waals surface area contributed by atoms with Crippen LogP contribution in [0.15, 0.2) is 119 Å². The fourth-order valence-corrected chi connectivity index (χ4v) is 5.51. The average molecular weight is 441 g/mol. The second-order valence-corrected chi connectivity index (χ2v) is 9.27. The molecule has 2 atom stereocenters. The van der Waals surface area contributed by atoms with Crippen LogP contribution in [0.4, 0.5) is 0 Å². The maximum Gasteiger partial charge on any atom is 0.177 e. The van der Waals surface area contributed by atoms with Crippen molar-refractivity contribution in [1.29, 1.82) is 0 Å². The van der Waals surface area contributed by atoms with Gasteiger partial charge in [0.1, 0.15) is 11.7 Å². The van der Waals surface area contributed by atoms with Gasteiger partial charge in [-0.25, -0.2) is 0 Å². The quantitative estimate of drug-likeness (QED) is 0.285. The van der Waals surface area contributed by atoms with Crippen LogP contribution in [0.25, 0.3) is 21.9 Å². The van der Waals surface area contributed by atoms with Crippen LogP contribution >= 0.6 is 0 Å². The van der Waals surface area contributed by atoms with Crippen molar-refractivity contribution in [2.45, 2.75) is 24.9 Å². The summed E-state index contributed by atoms with van der Waals surface area (Å²) in [6.45, 7) is 0. The van der Waals surface area contributed by atoms with Gasteiger partial charge in [0.05, 0.1) is 0 Å². The molecule has 0 saturated heterocycles. The predicted molar refractivity (Wildman–Crippen MR) is 137 cm³/mol. The third kappa shape index (κ3) is 3.10. The van der Waals surface area contributed by atoms with E-state index in [1.54, 1.807) is 0 Å². The van der Waals surface area contributed by atoms with Crippen LogP contribution in [0.3, 0.4) is 0 Å². The molecular formula is C32H24O2. The molecule has 1 aromatic heterocycles. The molecule has 2 heterocycles. The summed E-state index contributed by atoms with van der Waals surface area (Å²) in [5, 5.41) is 2.28. The Bertz CT molecular complexity index is 1570. The Morgan fingerprint density at radius 3 is 2.18 bits per heavy atom.